The average Bonchev–Trinajstić information content (AvgIpc) is 3.27. The van der Waals surface area contributed by atoms with E-state index in [0.717, 1.165) is 48.1 Å². The number of nitrogens with one attached hydrogen (secondary N) is 1. The molecule has 4 rings (SSSR count). The maximum Gasteiger partial charge on any atom is 0.340 e. The summed E-state index contributed by atoms with van der Waals surface area (Å²) in [5, 5.41) is 8.73. The largest absolute Gasteiger partial charge is 0.462 e. The Morgan fingerprint density at radius 3 is 2.77 bits per heavy atom. The molecule has 1 N–H and O–H groups in total. The van der Waals surface area contributed by atoms with Gasteiger partial charge in [0.2, 0.25) is 0 Å². The third-order valence-corrected chi connectivity index (χ3v) is 6.42. The molecule has 0 aliphatic heterocycles. The van der Waals surface area contributed by atoms with Gasteiger partial charge in [-0.1, -0.05) is 0 Å². The fourth-order valence-electron chi connectivity index (χ4n) is 4.91. The van der Waals surface area contributed by atoms with Crippen molar-refractivity contribution in [1.82, 2.24) is 19.3 Å². The molecule has 3 aromatic heterocycles. The number of ether oxygens (including phenoxy) is 1. The second-order valence-corrected chi connectivity index (χ2v) is 8.32. The number of carbonyl (C=O) groups is 1. The Morgan fingerprint density at radius 1 is 1.33 bits per heavy atom. The van der Waals surface area contributed by atoms with E-state index in [2.05, 4.69) is 26.9 Å². The van der Waals surface area contributed by atoms with E-state index in [4.69, 9.17) is 4.74 Å². The van der Waals surface area contributed by atoms with Gasteiger partial charge in [-0.2, -0.15) is 5.10 Å². The Labute approximate surface area is 177 Å². The number of nitrogens with zero attached hydrogens (tertiary/aromatic N) is 4. The molecular weight excluding hydrogens is 378 g/mol. The van der Waals surface area contributed by atoms with Crippen LogP contribution in [-0.4, -0.2) is 37.9 Å². The first-order valence-electron chi connectivity index (χ1n) is 10.9. The highest BCUT2D eigenvalue weighted by Crippen LogP contribution is 2.38. The SMILES string of the molecule is CCOC(=O)c1c(C)n([C@H](C)C2CCC(Nc3cnn(C)c3)CC2)c2ncccc12. The van der Waals surface area contributed by atoms with E-state index in [1.54, 1.807) is 6.20 Å². The van der Waals surface area contributed by atoms with Gasteiger partial charge in [0.15, 0.2) is 0 Å². The standard InChI is InChI=1S/C23H31N5O2/c1-5-30-23(29)21-16(3)28(22-20(21)7-6-12-24-22)15(2)17-8-10-18(11-9-17)26-19-13-25-27(4)14-19/h6-7,12-15,17-18,26H,5,8-11H2,1-4H3/t15-,17?,18?/m1/s1. The molecule has 0 aromatic carbocycles. The van der Waals surface area contributed by atoms with Gasteiger partial charge in [-0.15, -0.1) is 0 Å². The summed E-state index contributed by atoms with van der Waals surface area (Å²) < 4.78 is 9.41. The van der Waals surface area contributed by atoms with E-state index in [-0.39, 0.29) is 12.0 Å². The van der Waals surface area contributed by atoms with Crippen molar-refractivity contribution < 1.29 is 9.53 Å². The number of aromatic nitrogens is 4. The van der Waals surface area contributed by atoms with E-state index in [9.17, 15) is 4.79 Å². The molecule has 1 fully saturated rings. The van der Waals surface area contributed by atoms with E-state index in [0.29, 0.717) is 24.1 Å². The van der Waals surface area contributed by atoms with Crippen LogP contribution >= 0.6 is 0 Å². The van der Waals surface area contributed by atoms with Crippen molar-refractivity contribution >= 4 is 22.7 Å². The van der Waals surface area contributed by atoms with Gasteiger partial charge in [0, 0.05) is 42.6 Å². The molecule has 0 bridgehead atoms. The molecule has 1 saturated carbocycles. The highest BCUT2D eigenvalue weighted by atomic mass is 16.5. The van der Waals surface area contributed by atoms with Gasteiger partial charge in [-0.05, 0) is 64.5 Å². The zero-order valence-corrected chi connectivity index (χ0v) is 18.3. The second kappa shape index (κ2) is 8.50. The molecule has 1 aliphatic rings. The molecule has 3 aromatic rings. The van der Waals surface area contributed by atoms with Crippen molar-refractivity contribution in [2.45, 2.75) is 58.5 Å². The third-order valence-electron chi connectivity index (χ3n) is 6.42. The summed E-state index contributed by atoms with van der Waals surface area (Å²) in [7, 11) is 1.94. The molecule has 1 aliphatic carbocycles. The molecule has 0 saturated heterocycles. The Bertz CT molecular complexity index is 1030. The van der Waals surface area contributed by atoms with Crippen LogP contribution < -0.4 is 5.32 Å². The van der Waals surface area contributed by atoms with Crippen LogP contribution in [0, 0.1) is 12.8 Å². The van der Waals surface area contributed by atoms with E-state index >= 15 is 0 Å². The van der Waals surface area contributed by atoms with Crippen molar-refractivity contribution in [2.75, 3.05) is 11.9 Å². The highest BCUT2D eigenvalue weighted by molar-refractivity contribution is 6.05. The van der Waals surface area contributed by atoms with Gasteiger partial charge in [0.1, 0.15) is 5.65 Å². The molecule has 3 heterocycles. The Morgan fingerprint density at radius 2 is 2.10 bits per heavy atom. The molecular formula is C23H31N5O2. The number of fused-ring (bicyclic) bond motifs is 1. The molecule has 7 heteroatoms. The maximum absolute atomic E-state index is 12.6. The van der Waals surface area contributed by atoms with E-state index in [1.165, 1.54) is 0 Å². The summed E-state index contributed by atoms with van der Waals surface area (Å²) in [6.07, 6.45) is 10.2. The van der Waals surface area contributed by atoms with Crippen LogP contribution in [0.5, 0.6) is 0 Å². The first-order valence-corrected chi connectivity index (χ1v) is 10.9. The third kappa shape index (κ3) is 3.80. The minimum absolute atomic E-state index is 0.261. The predicted molar refractivity (Wildman–Crippen MR) is 118 cm³/mol. The maximum atomic E-state index is 12.6. The minimum atomic E-state index is -0.261. The summed E-state index contributed by atoms with van der Waals surface area (Å²) in [6.45, 7) is 6.48. The van der Waals surface area contributed by atoms with Gasteiger partial charge >= 0.3 is 5.97 Å². The smallest absolute Gasteiger partial charge is 0.340 e. The van der Waals surface area contributed by atoms with Gasteiger partial charge in [-0.25, -0.2) is 9.78 Å². The first kappa shape index (κ1) is 20.4. The van der Waals surface area contributed by atoms with Crippen molar-refractivity contribution in [3.05, 3.63) is 42.0 Å². The average molecular weight is 410 g/mol. The molecule has 7 nitrogen and oxygen atoms in total. The summed E-state index contributed by atoms with van der Waals surface area (Å²) in [5.41, 5.74) is 3.56. The van der Waals surface area contributed by atoms with Gasteiger partial charge in [-0.3, -0.25) is 4.68 Å². The second-order valence-electron chi connectivity index (χ2n) is 8.32. The Kier molecular flexibility index (Phi) is 5.79. The number of carbonyl (C=O) groups excluding carboxylic acids is 1. The van der Waals surface area contributed by atoms with Crippen LogP contribution in [0.15, 0.2) is 30.7 Å². The van der Waals surface area contributed by atoms with Crippen molar-refractivity contribution in [1.29, 1.82) is 0 Å². The van der Waals surface area contributed by atoms with E-state index < -0.39 is 0 Å². The highest BCUT2D eigenvalue weighted by Gasteiger charge is 2.30. The van der Waals surface area contributed by atoms with Gasteiger partial charge < -0.3 is 14.6 Å². The van der Waals surface area contributed by atoms with Crippen molar-refractivity contribution in [3.8, 4) is 0 Å². The minimum Gasteiger partial charge on any atom is -0.462 e. The predicted octanol–water partition coefficient (Wildman–Crippen LogP) is 4.49. The van der Waals surface area contributed by atoms with Crippen LogP contribution in [0.25, 0.3) is 11.0 Å². The summed E-state index contributed by atoms with van der Waals surface area (Å²) in [4.78, 5) is 17.3. The fraction of sp³-hybridized carbons (Fsp3) is 0.522. The molecule has 1 atom stereocenters. The number of esters is 1. The number of anilines is 1. The topological polar surface area (TPSA) is 74.0 Å². The number of rotatable bonds is 6. The number of aryl methyl sites for hydroxylation is 1. The molecule has 0 spiro atoms. The Balaban J connectivity index is 1.53. The zero-order valence-electron chi connectivity index (χ0n) is 18.3. The number of pyridine rings is 1. The lowest BCUT2D eigenvalue weighted by molar-refractivity contribution is 0.0527. The van der Waals surface area contributed by atoms with Crippen LogP contribution in [-0.2, 0) is 11.8 Å². The lowest BCUT2D eigenvalue weighted by Gasteiger charge is -2.34. The summed E-state index contributed by atoms with van der Waals surface area (Å²) in [5.74, 6) is 0.284. The normalized spacial score (nSPS) is 20.3. The first-order chi connectivity index (χ1) is 14.5. The zero-order chi connectivity index (χ0) is 21.3. The molecule has 0 radical (unpaired) electrons. The van der Waals surface area contributed by atoms with Crippen LogP contribution in [0.1, 0.15) is 61.6 Å². The van der Waals surface area contributed by atoms with Gasteiger partial charge in [0.05, 0.1) is 24.1 Å². The van der Waals surface area contributed by atoms with Crippen molar-refractivity contribution in [3.63, 3.8) is 0 Å². The number of hydrogen-bond donors (Lipinski definition) is 1. The monoisotopic (exact) mass is 409 g/mol. The lowest BCUT2D eigenvalue weighted by atomic mass is 9.82. The van der Waals surface area contributed by atoms with E-state index in [1.807, 2.05) is 50.1 Å². The lowest BCUT2D eigenvalue weighted by Crippen LogP contribution is -2.29. The quantitative estimate of drug-likeness (QED) is 0.607. The molecule has 160 valence electrons. The molecule has 0 amide bonds. The van der Waals surface area contributed by atoms with Crippen LogP contribution in [0.3, 0.4) is 0 Å². The summed E-state index contributed by atoms with van der Waals surface area (Å²) in [6, 6.07) is 4.60. The number of hydrogen-bond acceptors (Lipinski definition) is 5. The van der Waals surface area contributed by atoms with Crippen LogP contribution in [0.4, 0.5) is 5.69 Å². The van der Waals surface area contributed by atoms with Crippen molar-refractivity contribution in [2.24, 2.45) is 13.0 Å². The summed E-state index contributed by atoms with van der Waals surface area (Å²) >= 11 is 0. The Hall–Kier alpha value is -2.83. The van der Waals surface area contributed by atoms with Gasteiger partial charge in [0.25, 0.3) is 0 Å². The molecule has 30 heavy (non-hydrogen) atoms. The fourth-order valence-corrected chi connectivity index (χ4v) is 4.91. The molecule has 0 unspecified atom stereocenters. The van der Waals surface area contributed by atoms with Crippen LogP contribution in [0.2, 0.25) is 0 Å².